The average Bonchev–Trinajstić information content (AvgIpc) is 2.60. The van der Waals surface area contributed by atoms with Gasteiger partial charge in [0.1, 0.15) is 5.82 Å². The van der Waals surface area contributed by atoms with E-state index in [1.165, 1.54) is 36.5 Å². The number of hydrogen-bond acceptors (Lipinski definition) is 7. The molecule has 10 nitrogen and oxygen atoms in total. The third-order valence-electron chi connectivity index (χ3n) is 3.64. The molecule has 1 aromatic carbocycles. The normalized spacial score (nSPS) is 11.1. The predicted molar refractivity (Wildman–Crippen MR) is 99.1 cm³/mol. The third kappa shape index (κ3) is 6.72. The van der Waals surface area contributed by atoms with Gasteiger partial charge < -0.3 is 15.8 Å². The van der Waals surface area contributed by atoms with E-state index in [9.17, 15) is 18.0 Å². The van der Waals surface area contributed by atoms with Crippen LogP contribution in [-0.4, -0.2) is 35.8 Å². The molecular weight excluding hydrogens is 374 g/mol. The van der Waals surface area contributed by atoms with Crippen molar-refractivity contribution < 1.29 is 18.4 Å². The molecule has 0 unspecified atom stereocenters. The standard InChI is InChI=1S/C16H21N5O5S/c17-27(25,26)13-7-5-12(6-8-13)19-15(22)4-2-1-3-10-18-14-9-11-21(24)16(23)20-14/h5-9,11,24H,1-4,10H2,(H,19,22)(H2,17,25,26)(H,18,20,23). The molecule has 1 aromatic heterocycles. The molecule has 11 heteroatoms. The minimum Gasteiger partial charge on any atom is -0.424 e. The molecule has 0 saturated heterocycles. The first-order valence-electron chi connectivity index (χ1n) is 8.21. The summed E-state index contributed by atoms with van der Waals surface area (Å²) >= 11 is 0. The fourth-order valence-electron chi connectivity index (χ4n) is 2.25. The summed E-state index contributed by atoms with van der Waals surface area (Å²) < 4.78 is 22.7. The maximum absolute atomic E-state index is 11.9. The highest BCUT2D eigenvalue weighted by atomic mass is 32.2. The molecule has 0 atom stereocenters. The Kier molecular flexibility index (Phi) is 6.91. The van der Waals surface area contributed by atoms with Crippen LogP contribution in [0.15, 0.2) is 46.2 Å². The van der Waals surface area contributed by atoms with Gasteiger partial charge in [-0.1, -0.05) is 6.42 Å². The molecule has 0 aliphatic carbocycles. The number of nitrogens with one attached hydrogen (secondary N) is 2. The lowest BCUT2D eigenvalue weighted by molar-refractivity contribution is -0.116. The first-order valence-corrected chi connectivity index (χ1v) is 9.76. The number of nitrogens with zero attached hydrogens (tertiary/aromatic N) is 2. The zero-order chi connectivity index (χ0) is 19.9. The summed E-state index contributed by atoms with van der Waals surface area (Å²) in [5.74, 6) is 0.213. The summed E-state index contributed by atoms with van der Waals surface area (Å²) in [6.45, 7) is 0.582. The van der Waals surface area contributed by atoms with Gasteiger partial charge in [0.15, 0.2) is 0 Å². The Morgan fingerprint density at radius 1 is 1.15 bits per heavy atom. The minimum absolute atomic E-state index is 0.0150. The number of unbranched alkanes of at least 4 members (excludes halogenated alkanes) is 2. The number of amides is 1. The number of carbonyl (C=O) groups is 1. The van der Waals surface area contributed by atoms with Gasteiger partial charge in [-0.05, 0) is 37.1 Å². The highest BCUT2D eigenvalue weighted by molar-refractivity contribution is 7.89. The number of primary sulfonamides is 1. The van der Waals surface area contributed by atoms with E-state index in [1.807, 2.05) is 0 Å². The number of carbonyl (C=O) groups excluding carboxylic acids is 1. The molecule has 5 N–H and O–H groups in total. The summed E-state index contributed by atoms with van der Waals surface area (Å²) in [7, 11) is -3.75. The molecule has 2 aromatic rings. The molecule has 0 aliphatic rings. The van der Waals surface area contributed by atoms with Crippen LogP contribution < -0.4 is 21.5 Å². The smallest absolute Gasteiger partial charge is 0.382 e. The van der Waals surface area contributed by atoms with Crippen LogP contribution in [0, 0.1) is 0 Å². The molecule has 27 heavy (non-hydrogen) atoms. The van der Waals surface area contributed by atoms with Crippen LogP contribution in [0.3, 0.4) is 0 Å². The van der Waals surface area contributed by atoms with Crippen molar-refractivity contribution in [3.8, 4) is 0 Å². The second-order valence-electron chi connectivity index (χ2n) is 5.79. The van der Waals surface area contributed by atoms with Gasteiger partial charge in [0.05, 0.1) is 11.1 Å². The average molecular weight is 395 g/mol. The van der Waals surface area contributed by atoms with E-state index in [4.69, 9.17) is 10.3 Å². The van der Waals surface area contributed by atoms with Gasteiger partial charge in [-0.3, -0.25) is 4.79 Å². The molecule has 0 fully saturated rings. The molecule has 0 radical (unpaired) electrons. The zero-order valence-corrected chi connectivity index (χ0v) is 15.3. The van der Waals surface area contributed by atoms with Gasteiger partial charge in [-0.15, -0.1) is 4.73 Å². The van der Waals surface area contributed by atoms with Gasteiger partial charge in [-0.2, -0.15) is 4.98 Å². The quantitative estimate of drug-likeness (QED) is 0.360. The number of aromatic nitrogens is 2. The van der Waals surface area contributed by atoms with Gasteiger partial charge in [0.25, 0.3) is 0 Å². The lowest BCUT2D eigenvalue weighted by Gasteiger charge is -2.07. The van der Waals surface area contributed by atoms with Crippen molar-refractivity contribution in [3.05, 3.63) is 47.0 Å². The molecular formula is C16H21N5O5S. The van der Waals surface area contributed by atoms with Crippen LogP contribution in [0.25, 0.3) is 0 Å². The Morgan fingerprint density at radius 2 is 1.85 bits per heavy atom. The second kappa shape index (κ2) is 9.14. The summed E-state index contributed by atoms with van der Waals surface area (Å²) in [6, 6.07) is 7.11. The van der Waals surface area contributed by atoms with Gasteiger partial charge in [0, 0.05) is 24.7 Å². The molecule has 2 rings (SSSR count). The molecule has 146 valence electrons. The predicted octanol–water partition coefficient (Wildman–Crippen LogP) is 0.739. The molecule has 1 heterocycles. The molecule has 0 spiro atoms. The highest BCUT2D eigenvalue weighted by Gasteiger charge is 2.08. The van der Waals surface area contributed by atoms with Crippen molar-refractivity contribution in [1.82, 2.24) is 9.71 Å². The Balaban J connectivity index is 1.64. The zero-order valence-electron chi connectivity index (χ0n) is 14.5. The molecule has 0 saturated carbocycles. The van der Waals surface area contributed by atoms with Gasteiger partial charge in [0.2, 0.25) is 15.9 Å². The van der Waals surface area contributed by atoms with Crippen molar-refractivity contribution in [2.45, 2.75) is 30.6 Å². The minimum atomic E-state index is -3.75. The van der Waals surface area contributed by atoms with E-state index in [0.717, 1.165) is 12.8 Å². The van der Waals surface area contributed by atoms with Crippen LogP contribution in [0.5, 0.6) is 0 Å². The largest absolute Gasteiger partial charge is 0.424 e. The monoisotopic (exact) mass is 395 g/mol. The van der Waals surface area contributed by atoms with Crippen LogP contribution in [0.1, 0.15) is 25.7 Å². The van der Waals surface area contributed by atoms with Crippen LogP contribution in [-0.2, 0) is 14.8 Å². The second-order valence-corrected chi connectivity index (χ2v) is 7.36. The number of anilines is 2. The number of rotatable bonds is 9. The van der Waals surface area contributed by atoms with Crippen molar-refractivity contribution in [1.29, 1.82) is 0 Å². The van der Waals surface area contributed by atoms with Crippen LogP contribution >= 0.6 is 0 Å². The number of sulfonamides is 1. The van der Waals surface area contributed by atoms with E-state index in [2.05, 4.69) is 15.6 Å². The van der Waals surface area contributed by atoms with Crippen molar-refractivity contribution in [2.24, 2.45) is 5.14 Å². The molecule has 1 amide bonds. The van der Waals surface area contributed by atoms with Crippen molar-refractivity contribution in [3.63, 3.8) is 0 Å². The van der Waals surface area contributed by atoms with Crippen molar-refractivity contribution in [2.75, 3.05) is 17.2 Å². The van der Waals surface area contributed by atoms with E-state index >= 15 is 0 Å². The molecule has 0 bridgehead atoms. The maximum atomic E-state index is 11.9. The van der Waals surface area contributed by atoms with Crippen molar-refractivity contribution >= 4 is 27.4 Å². The maximum Gasteiger partial charge on any atom is 0.382 e. The van der Waals surface area contributed by atoms with E-state index in [-0.39, 0.29) is 10.8 Å². The number of benzene rings is 1. The lowest BCUT2D eigenvalue weighted by Crippen LogP contribution is -2.21. The Hall–Kier alpha value is -2.92. The van der Waals surface area contributed by atoms with E-state index in [1.54, 1.807) is 0 Å². The summed E-state index contributed by atoms with van der Waals surface area (Å²) in [4.78, 5) is 26.6. The number of hydrogen-bond donors (Lipinski definition) is 4. The summed E-state index contributed by atoms with van der Waals surface area (Å²) in [5, 5.41) is 19.7. The van der Waals surface area contributed by atoms with Crippen LogP contribution in [0.4, 0.5) is 11.5 Å². The Bertz CT molecular complexity index is 940. The lowest BCUT2D eigenvalue weighted by atomic mass is 10.2. The SMILES string of the molecule is NS(=O)(=O)c1ccc(NC(=O)CCCCCNc2ccn(O)c(=O)n2)cc1. The Labute approximate surface area is 156 Å². The summed E-state index contributed by atoms with van der Waals surface area (Å²) in [6.07, 6.45) is 3.78. The third-order valence-corrected chi connectivity index (χ3v) is 4.57. The topological polar surface area (TPSA) is 156 Å². The fourth-order valence-corrected chi connectivity index (χ4v) is 2.77. The van der Waals surface area contributed by atoms with E-state index < -0.39 is 15.7 Å². The Morgan fingerprint density at radius 3 is 2.48 bits per heavy atom. The first-order chi connectivity index (χ1) is 12.8. The van der Waals surface area contributed by atoms with E-state index in [0.29, 0.717) is 35.6 Å². The fraction of sp³-hybridized carbons (Fsp3) is 0.312. The number of nitrogens with two attached hydrogens (primary N) is 1. The van der Waals surface area contributed by atoms with Gasteiger partial charge in [-0.25, -0.2) is 18.4 Å². The van der Waals surface area contributed by atoms with Crippen LogP contribution in [0.2, 0.25) is 0 Å². The molecule has 0 aliphatic heterocycles. The highest BCUT2D eigenvalue weighted by Crippen LogP contribution is 2.13. The first kappa shape index (κ1) is 20.4. The summed E-state index contributed by atoms with van der Waals surface area (Å²) in [5.41, 5.74) is -0.257. The van der Waals surface area contributed by atoms with Gasteiger partial charge >= 0.3 is 5.69 Å².